The Balaban J connectivity index is 2.55. The SMILES string of the molecule is CC(C=O)=CCC[C@@H](C)[C@H]1C[C@H](O)C(C)=CC1=O. The molecule has 3 atom stereocenters. The predicted octanol–water partition coefficient (Wildman–Crippen LogP) is 2.44. The van der Waals surface area contributed by atoms with Crippen LogP contribution in [0.3, 0.4) is 0 Å². The number of allylic oxidation sites excluding steroid dienone is 3. The van der Waals surface area contributed by atoms with Crippen molar-refractivity contribution in [1.29, 1.82) is 0 Å². The molecule has 1 N–H and O–H groups in total. The van der Waals surface area contributed by atoms with E-state index < -0.39 is 6.10 Å². The van der Waals surface area contributed by atoms with E-state index in [1.54, 1.807) is 19.9 Å². The Morgan fingerprint density at radius 2 is 2.28 bits per heavy atom. The Morgan fingerprint density at radius 1 is 1.61 bits per heavy atom. The topological polar surface area (TPSA) is 54.4 Å². The smallest absolute Gasteiger partial charge is 0.159 e. The quantitative estimate of drug-likeness (QED) is 0.602. The van der Waals surface area contributed by atoms with E-state index in [2.05, 4.69) is 0 Å². The third-order valence-corrected chi connectivity index (χ3v) is 3.70. The van der Waals surface area contributed by atoms with Crippen molar-refractivity contribution < 1.29 is 14.7 Å². The summed E-state index contributed by atoms with van der Waals surface area (Å²) in [6.07, 6.45) is 6.01. The molecule has 0 saturated heterocycles. The van der Waals surface area contributed by atoms with E-state index >= 15 is 0 Å². The number of carbonyl (C=O) groups is 2. The molecule has 100 valence electrons. The van der Waals surface area contributed by atoms with Gasteiger partial charge in [-0.1, -0.05) is 13.0 Å². The molecule has 0 spiro atoms. The summed E-state index contributed by atoms with van der Waals surface area (Å²) < 4.78 is 0. The summed E-state index contributed by atoms with van der Waals surface area (Å²) in [6.45, 7) is 5.60. The van der Waals surface area contributed by atoms with Crippen LogP contribution in [0.5, 0.6) is 0 Å². The van der Waals surface area contributed by atoms with Gasteiger partial charge in [0.1, 0.15) is 6.29 Å². The molecule has 0 unspecified atom stereocenters. The Hall–Kier alpha value is -1.22. The van der Waals surface area contributed by atoms with Crippen molar-refractivity contribution >= 4 is 12.1 Å². The van der Waals surface area contributed by atoms with Gasteiger partial charge in [-0.2, -0.15) is 0 Å². The molecule has 3 heteroatoms. The Labute approximate surface area is 109 Å². The van der Waals surface area contributed by atoms with Gasteiger partial charge in [-0.25, -0.2) is 0 Å². The van der Waals surface area contributed by atoms with Gasteiger partial charge in [0, 0.05) is 5.92 Å². The monoisotopic (exact) mass is 250 g/mol. The van der Waals surface area contributed by atoms with Crippen LogP contribution in [0.25, 0.3) is 0 Å². The summed E-state index contributed by atoms with van der Waals surface area (Å²) in [5.41, 5.74) is 1.49. The summed E-state index contributed by atoms with van der Waals surface area (Å²) in [4.78, 5) is 22.3. The number of aliphatic hydroxyl groups is 1. The van der Waals surface area contributed by atoms with Crippen LogP contribution < -0.4 is 0 Å². The van der Waals surface area contributed by atoms with Gasteiger partial charge in [0.25, 0.3) is 0 Å². The summed E-state index contributed by atoms with van der Waals surface area (Å²) >= 11 is 0. The Bertz CT molecular complexity index is 379. The Kier molecular flexibility index (Phi) is 5.48. The zero-order valence-corrected chi connectivity index (χ0v) is 11.3. The van der Waals surface area contributed by atoms with Gasteiger partial charge >= 0.3 is 0 Å². The third kappa shape index (κ3) is 3.91. The molecule has 0 amide bonds. The molecule has 0 aromatic heterocycles. The zero-order chi connectivity index (χ0) is 13.7. The van der Waals surface area contributed by atoms with Crippen LogP contribution in [-0.2, 0) is 9.59 Å². The van der Waals surface area contributed by atoms with E-state index in [-0.39, 0.29) is 17.6 Å². The van der Waals surface area contributed by atoms with Crippen LogP contribution in [0.2, 0.25) is 0 Å². The molecule has 0 aliphatic heterocycles. The lowest BCUT2D eigenvalue weighted by Crippen LogP contribution is -2.30. The summed E-state index contributed by atoms with van der Waals surface area (Å²) in [5.74, 6) is 0.266. The predicted molar refractivity (Wildman–Crippen MR) is 71.1 cm³/mol. The number of ketones is 1. The first-order valence-electron chi connectivity index (χ1n) is 6.47. The third-order valence-electron chi connectivity index (χ3n) is 3.70. The van der Waals surface area contributed by atoms with E-state index in [0.717, 1.165) is 30.3 Å². The van der Waals surface area contributed by atoms with Crippen molar-refractivity contribution in [2.45, 2.75) is 46.1 Å². The average Bonchev–Trinajstić information content (AvgIpc) is 2.33. The minimum atomic E-state index is -0.484. The highest BCUT2D eigenvalue weighted by molar-refractivity contribution is 5.93. The lowest BCUT2D eigenvalue weighted by atomic mass is 9.78. The van der Waals surface area contributed by atoms with Gasteiger partial charge in [-0.05, 0) is 56.3 Å². The second kappa shape index (κ2) is 6.64. The molecule has 0 saturated carbocycles. The molecule has 18 heavy (non-hydrogen) atoms. The van der Waals surface area contributed by atoms with Crippen molar-refractivity contribution in [3.05, 3.63) is 23.3 Å². The minimum Gasteiger partial charge on any atom is -0.389 e. The van der Waals surface area contributed by atoms with Crippen molar-refractivity contribution in [1.82, 2.24) is 0 Å². The van der Waals surface area contributed by atoms with Crippen molar-refractivity contribution in [3.8, 4) is 0 Å². The maximum Gasteiger partial charge on any atom is 0.159 e. The van der Waals surface area contributed by atoms with Crippen molar-refractivity contribution in [3.63, 3.8) is 0 Å². The van der Waals surface area contributed by atoms with E-state index in [0.29, 0.717) is 6.42 Å². The van der Waals surface area contributed by atoms with Crippen LogP contribution in [0, 0.1) is 11.8 Å². The minimum absolute atomic E-state index is 0.0892. The lowest BCUT2D eigenvalue weighted by Gasteiger charge is -2.28. The van der Waals surface area contributed by atoms with Gasteiger partial charge in [-0.3, -0.25) is 9.59 Å². The molecule has 3 nitrogen and oxygen atoms in total. The van der Waals surface area contributed by atoms with Gasteiger partial charge in [0.2, 0.25) is 0 Å². The highest BCUT2D eigenvalue weighted by Crippen LogP contribution is 2.29. The molecule has 0 bridgehead atoms. The van der Waals surface area contributed by atoms with Crippen LogP contribution in [-0.4, -0.2) is 23.3 Å². The first kappa shape index (κ1) is 14.8. The summed E-state index contributed by atoms with van der Waals surface area (Å²) in [5, 5.41) is 9.79. The van der Waals surface area contributed by atoms with Gasteiger partial charge < -0.3 is 5.11 Å². The summed E-state index contributed by atoms with van der Waals surface area (Å²) in [7, 11) is 0. The van der Waals surface area contributed by atoms with Crippen LogP contribution in [0.1, 0.15) is 40.0 Å². The van der Waals surface area contributed by atoms with Gasteiger partial charge in [0.15, 0.2) is 5.78 Å². The molecule has 1 rings (SSSR count). The molecule has 0 aromatic carbocycles. The van der Waals surface area contributed by atoms with E-state index in [1.807, 2.05) is 13.0 Å². The largest absolute Gasteiger partial charge is 0.389 e. The zero-order valence-electron chi connectivity index (χ0n) is 11.3. The molecule has 0 radical (unpaired) electrons. The summed E-state index contributed by atoms with van der Waals surface area (Å²) in [6, 6.07) is 0. The van der Waals surface area contributed by atoms with Gasteiger partial charge in [-0.15, -0.1) is 0 Å². The first-order valence-corrected chi connectivity index (χ1v) is 6.47. The number of hydrogen-bond acceptors (Lipinski definition) is 3. The molecule has 0 heterocycles. The molecule has 0 aromatic rings. The molecule has 1 aliphatic carbocycles. The van der Waals surface area contributed by atoms with E-state index in [9.17, 15) is 14.7 Å². The Morgan fingerprint density at radius 3 is 2.89 bits per heavy atom. The number of aldehydes is 1. The van der Waals surface area contributed by atoms with Crippen molar-refractivity contribution in [2.24, 2.45) is 11.8 Å². The fourth-order valence-corrected chi connectivity index (χ4v) is 2.31. The second-order valence-electron chi connectivity index (χ2n) is 5.27. The number of rotatable bonds is 5. The fourth-order valence-electron chi connectivity index (χ4n) is 2.31. The maximum absolute atomic E-state index is 11.9. The normalized spacial score (nSPS) is 26.8. The number of aliphatic hydroxyl groups excluding tert-OH is 1. The van der Waals surface area contributed by atoms with E-state index in [1.165, 1.54) is 0 Å². The average molecular weight is 250 g/mol. The number of carbonyl (C=O) groups excluding carboxylic acids is 2. The maximum atomic E-state index is 11.9. The van der Waals surface area contributed by atoms with Crippen LogP contribution in [0.4, 0.5) is 0 Å². The second-order valence-corrected chi connectivity index (χ2v) is 5.27. The first-order chi connectivity index (χ1) is 8.45. The van der Waals surface area contributed by atoms with Crippen molar-refractivity contribution in [2.75, 3.05) is 0 Å². The highest BCUT2D eigenvalue weighted by atomic mass is 16.3. The van der Waals surface area contributed by atoms with Gasteiger partial charge in [0.05, 0.1) is 6.10 Å². The molecular formula is C15H22O3. The van der Waals surface area contributed by atoms with E-state index in [4.69, 9.17) is 0 Å². The molecule has 1 aliphatic rings. The lowest BCUT2D eigenvalue weighted by molar-refractivity contribution is -0.121. The molecule has 0 fully saturated rings. The number of hydrogen-bond donors (Lipinski definition) is 1. The standard InChI is InChI=1S/C15H22O3/c1-10(9-16)5-4-6-11(2)13-8-14(17)12(3)7-15(13)18/h5,7,9,11,13-14,17H,4,6,8H2,1-3H3/t11-,13-,14+/m1/s1. The van der Waals surface area contributed by atoms with Crippen LogP contribution in [0.15, 0.2) is 23.3 Å². The highest BCUT2D eigenvalue weighted by Gasteiger charge is 2.30. The fraction of sp³-hybridized carbons (Fsp3) is 0.600. The molecular weight excluding hydrogens is 228 g/mol. The van der Waals surface area contributed by atoms with Crippen LogP contribution >= 0.6 is 0 Å².